The molecule has 0 saturated carbocycles. The Morgan fingerprint density at radius 2 is 2.26 bits per heavy atom. The highest BCUT2D eigenvalue weighted by molar-refractivity contribution is 7.80. The molecule has 7 nitrogen and oxygen atoms in total. The second-order valence-corrected chi connectivity index (χ2v) is 3.97. The molecule has 1 aromatic rings. The van der Waals surface area contributed by atoms with Crippen molar-refractivity contribution in [1.29, 1.82) is 0 Å². The van der Waals surface area contributed by atoms with Crippen molar-refractivity contribution in [2.45, 2.75) is 32.9 Å². The van der Waals surface area contributed by atoms with E-state index >= 15 is 0 Å². The van der Waals surface area contributed by atoms with E-state index in [2.05, 4.69) is 22.9 Å². The minimum atomic E-state index is -0.549. The predicted octanol–water partition coefficient (Wildman–Crippen LogP) is 1.63. The Morgan fingerprint density at radius 1 is 1.58 bits per heavy atom. The molecule has 8 heteroatoms. The van der Waals surface area contributed by atoms with Gasteiger partial charge in [-0.2, -0.15) is 0 Å². The van der Waals surface area contributed by atoms with Gasteiger partial charge in [0.2, 0.25) is 0 Å². The van der Waals surface area contributed by atoms with Gasteiger partial charge in [-0.25, -0.2) is 9.78 Å². The zero-order valence-corrected chi connectivity index (χ0v) is 12.2. The van der Waals surface area contributed by atoms with Gasteiger partial charge in [0, 0.05) is 6.61 Å². The molecule has 0 bridgehead atoms. The maximum atomic E-state index is 11.6. The summed E-state index contributed by atoms with van der Waals surface area (Å²) < 4.78 is 6.94. The quantitative estimate of drug-likeness (QED) is 0.736. The van der Waals surface area contributed by atoms with Crippen LogP contribution >= 0.6 is 12.6 Å². The minimum Gasteiger partial charge on any atom is -0.376 e. The van der Waals surface area contributed by atoms with Gasteiger partial charge in [0.25, 0.3) is 0 Å². The lowest BCUT2D eigenvalue weighted by Gasteiger charge is -2.30. The fraction of sp³-hybridized carbons (Fsp3) is 0.636. The van der Waals surface area contributed by atoms with Crippen molar-refractivity contribution in [3.63, 3.8) is 0 Å². The number of ether oxygens (including phenoxy) is 1. The first kappa shape index (κ1) is 15.8. The van der Waals surface area contributed by atoms with Crippen LogP contribution in [0.1, 0.15) is 31.8 Å². The second-order valence-electron chi connectivity index (χ2n) is 3.49. The molecule has 1 aliphatic rings. The zero-order chi connectivity index (χ0) is 14.4. The van der Waals surface area contributed by atoms with Crippen LogP contribution in [0.2, 0.25) is 0 Å². The molecule has 2 heterocycles. The third-order valence-electron chi connectivity index (χ3n) is 2.48. The molecule has 2 rings (SSSR count). The smallest absolute Gasteiger partial charge is 0.326 e. The predicted molar refractivity (Wildman–Crippen MR) is 74.9 cm³/mol. The van der Waals surface area contributed by atoms with Gasteiger partial charge in [-0.05, 0) is 6.92 Å². The number of carbonyl (C=O) groups is 1. The second kappa shape index (κ2) is 7.37. The standard InChI is InChI=1S/C9H14N4O3S.C2H6/c1-2-16-5-12-3-10-6-7(12)11-9(15)13(4-14)8(6)17;1-2/h3,8,14,17H,2,4-5H2,1H3,(H,11,15);1-2H3. The highest BCUT2D eigenvalue weighted by atomic mass is 32.1. The lowest BCUT2D eigenvalue weighted by atomic mass is 10.3. The molecule has 2 N–H and O–H groups in total. The molecule has 1 unspecified atom stereocenters. The van der Waals surface area contributed by atoms with E-state index in [4.69, 9.17) is 9.84 Å². The summed E-state index contributed by atoms with van der Waals surface area (Å²) in [4.78, 5) is 17.0. The van der Waals surface area contributed by atoms with Gasteiger partial charge in [0.15, 0.2) is 0 Å². The summed E-state index contributed by atoms with van der Waals surface area (Å²) in [5, 5.41) is 11.2. The number of carbonyl (C=O) groups excluding carboxylic acids is 1. The molecule has 0 spiro atoms. The Bertz CT molecular complexity index is 424. The number of nitrogens with one attached hydrogen (secondary N) is 1. The summed E-state index contributed by atoms with van der Waals surface area (Å²) >= 11 is 4.27. The lowest BCUT2D eigenvalue weighted by molar-refractivity contribution is 0.0882. The van der Waals surface area contributed by atoms with Gasteiger partial charge in [0.1, 0.15) is 30.3 Å². The Morgan fingerprint density at radius 3 is 2.84 bits per heavy atom. The van der Waals surface area contributed by atoms with Crippen molar-refractivity contribution in [2.24, 2.45) is 0 Å². The first-order chi connectivity index (χ1) is 9.19. The van der Waals surface area contributed by atoms with Crippen LogP contribution in [-0.4, -0.2) is 38.9 Å². The van der Waals surface area contributed by atoms with Gasteiger partial charge >= 0.3 is 6.03 Å². The molecule has 1 aromatic heterocycles. The number of rotatable bonds is 4. The largest absolute Gasteiger partial charge is 0.376 e. The van der Waals surface area contributed by atoms with Crippen molar-refractivity contribution < 1.29 is 14.6 Å². The highest BCUT2D eigenvalue weighted by Crippen LogP contribution is 2.33. The third-order valence-corrected chi connectivity index (χ3v) is 3.00. The number of aliphatic hydroxyl groups is 1. The maximum absolute atomic E-state index is 11.6. The molecule has 0 fully saturated rings. The molecular weight excluding hydrogens is 268 g/mol. The van der Waals surface area contributed by atoms with Gasteiger partial charge in [-0.1, -0.05) is 13.8 Å². The maximum Gasteiger partial charge on any atom is 0.326 e. The van der Waals surface area contributed by atoms with E-state index < -0.39 is 18.1 Å². The number of thiol groups is 1. The van der Waals surface area contributed by atoms with E-state index in [0.717, 1.165) is 0 Å². The van der Waals surface area contributed by atoms with Gasteiger partial charge < -0.3 is 9.84 Å². The van der Waals surface area contributed by atoms with Crippen molar-refractivity contribution in [3.8, 4) is 0 Å². The Hall–Kier alpha value is -1.25. The van der Waals surface area contributed by atoms with E-state index in [-0.39, 0.29) is 0 Å². The average Bonchev–Trinajstić information content (AvgIpc) is 2.82. The molecule has 0 aliphatic carbocycles. The molecule has 2 amide bonds. The molecule has 0 radical (unpaired) electrons. The Balaban J connectivity index is 0.000000861. The minimum absolute atomic E-state index is 0.318. The van der Waals surface area contributed by atoms with Crippen LogP contribution in [0.4, 0.5) is 10.6 Å². The summed E-state index contributed by atoms with van der Waals surface area (Å²) in [6.07, 6.45) is 1.57. The van der Waals surface area contributed by atoms with Crippen LogP contribution < -0.4 is 5.32 Å². The molecule has 108 valence electrons. The fourth-order valence-electron chi connectivity index (χ4n) is 1.58. The van der Waals surface area contributed by atoms with Gasteiger partial charge in [0.05, 0.1) is 6.33 Å². The van der Waals surface area contributed by atoms with Crippen molar-refractivity contribution >= 4 is 24.5 Å². The van der Waals surface area contributed by atoms with Crippen LogP contribution in [0.5, 0.6) is 0 Å². The van der Waals surface area contributed by atoms with E-state index in [1.807, 2.05) is 20.8 Å². The van der Waals surface area contributed by atoms with Crippen LogP contribution in [0.25, 0.3) is 0 Å². The normalized spacial score (nSPS) is 17.4. The number of imidazole rings is 1. The average molecular weight is 288 g/mol. The van der Waals surface area contributed by atoms with Gasteiger partial charge in [-0.3, -0.25) is 14.8 Å². The molecule has 1 atom stereocenters. The summed E-state index contributed by atoms with van der Waals surface area (Å²) in [5.74, 6) is 0.563. The first-order valence-corrected chi connectivity index (χ1v) is 6.70. The van der Waals surface area contributed by atoms with E-state index in [9.17, 15) is 4.79 Å². The number of anilines is 1. The highest BCUT2D eigenvalue weighted by Gasteiger charge is 2.33. The topological polar surface area (TPSA) is 79.6 Å². The molecule has 0 aromatic carbocycles. The number of hydrogen-bond donors (Lipinski definition) is 3. The lowest BCUT2D eigenvalue weighted by Crippen LogP contribution is -2.41. The number of amides is 2. The van der Waals surface area contributed by atoms with Gasteiger partial charge in [-0.15, -0.1) is 12.6 Å². The number of aliphatic hydroxyl groups excluding tert-OH is 1. The molecular formula is C11H20N4O3S. The van der Waals surface area contributed by atoms with E-state index in [0.29, 0.717) is 24.8 Å². The number of urea groups is 1. The zero-order valence-electron chi connectivity index (χ0n) is 11.3. The molecule has 0 saturated heterocycles. The van der Waals surface area contributed by atoms with Crippen LogP contribution in [0, 0.1) is 0 Å². The van der Waals surface area contributed by atoms with Crippen molar-refractivity contribution in [2.75, 3.05) is 18.7 Å². The van der Waals surface area contributed by atoms with Crippen LogP contribution in [-0.2, 0) is 11.5 Å². The van der Waals surface area contributed by atoms with E-state index in [1.54, 1.807) is 10.9 Å². The van der Waals surface area contributed by atoms with Crippen LogP contribution in [0.3, 0.4) is 0 Å². The number of hydrogen-bond acceptors (Lipinski definition) is 5. The third kappa shape index (κ3) is 3.20. The summed E-state index contributed by atoms with van der Waals surface area (Å²) in [6.45, 7) is 6.38. The fourth-order valence-corrected chi connectivity index (χ4v) is 1.95. The number of nitrogens with zero attached hydrogens (tertiary/aromatic N) is 3. The molecule has 19 heavy (non-hydrogen) atoms. The van der Waals surface area contributed by atoms with Crippen LogP contribution in [0.15, 0.2) is 6.33 Å². The number of aromatic nitrogens is 2. The summed E-state index contributed by atoms with van der Waals surface area (Å²) in [7, 11) is 0. The first-order valence-electron chi connectivity index (χ1n) is 6.18. The molecule has 1 aliphatic heterocycles. The van der Waals surface area contributed by atoms with Crippen molar-refractivity contribution in [3.05, 3.63) is 12.0 Å². The monoisotopic (exact) mass is 288 g/mol. The Kier molecular flexibility index (Phi) is 6.13. The van der Waals surface area contributed by atoms with E-state index in [1.165, 1.54) is 4.90 Å². The number of fused-ring (bicyclic) bond motifs is 1. The SMILES string of the molecule is CC.CCOCn1cnc2c1NC(=O)N(CO)C2S. The Labute approximate surface area is 118 Å². The summed E-state index contributed by atoms with van der Waals surface area (Å²) in [5.41, 5.74) is 0.599. The summed E-state index contributed by atoms with van der Waals surface area (Å²) in [6, 6.07) is -0.404. The van der Waals surface area contributed by atoms with Crippen molar-refractivity contribution in [1.82, 2.24) is 14.5 Å².